The number of thioether (sulfide) groups is 1. The number of rotatable bonds is 8. The summed E-state index contributed by atoms with van der Waals surface area (Å²) in [6.45, 7) is 2.04. The number of para-hydroxylation sites is 1. The first-order chi connectivity index (χ1) is 13.2. The fourth-order valence-corrected chi connectivity index (χ4v) is 3.79. The fraction of sp³-hybridized carbons (Fsp3) is 0.474. The van der Waals surface area contributed by atoms with Gasteiger partial charge in [0.2, 0.25) is 5.91 Å². The Balaban J connectivity index is 1.40. The number of anilines is 1. The van der Waals surface area contributed by atoms with E-state index in [0.717, 1.165) is 23.8 Å². The van der Waals surface area contributed by atoms with Crippen LogP contribution in [0.15, 0.2) is 29.4 Å². The zero-order chi connectivity index (χ0) is 18.8. The largest absolute Gasteiger partial charge is 0.462 e. The minimum atomic E-state index is -0.441. The van der Waals surface area contributed by atoms with E-state index in [4.69, 9.17) is 4.74 Å². The molecule has 4 rings (SSSR count). The van der Waals surface area contributed by atoms with Crippen LogP contribution in [0.3, 0.4) is 0 Å². The summed E-state index contributed by atoms with van der Waals surface area (Å²) in [6.07, 6.45) is 4.68. The zero-order valence-electron chi connectivity index (χ0n) is 15.2. The maximum absolute atomic E-state index is 12.4. The van der Waals surface area contributed by atoms with Crippen molar-refractivity contribution < 1.29 is 14.3 Å². The average molecular weight is 386 g/mol. The Bertz CT molecular complexity index is 858. The average Bonchev–Trinajstić information content (AvgIpc) is 3.59. The van der Waals surface area contributed by atoms with E-state index in [1.54, 1.807) is 31.2 Å². The van der Waals surface area contributed by atoms with E-state index < -0.39 is 5.97 Å². The van der Waals surface area contributed by atoms with Gasteiger partial charge in [0.05, 0.1) is 23.6 Å². The third-order valence-corrected chi connectivity index (χ3v) is 5.52. The van der Waals surface area contributed by atoms with E-state index in [9.17, 15) is 9.59 Å². The smallest absolute Gasteiger partial charge is 0.340 e. The van der Waals surface area contributed by atoms with Crippen LogP contribution >= 0.6 is 11.8 Å². The van der Waals surface area contributed by atoms with Gasteiger partial charge in [-0.25, -0.2) is 4.79 Å². The van der Waals surface area contributed by atoms with E-state index in [0.29, 0.717) is 23.2 Å². The normalized spacial score (nSPS) is 16.2. The third-order valence-electron chi connectivity index (χ3n) is 4.57. The molecule has 0 atom stereocenters. The molecule has 7 nitrogen and oxygen atoms in total. The maximum atomic E-state index is 12.4. The summed E-state index contributed by atoms with van der Waals surface area (Å²) < 4.78 is 7.27. The SMILES string of the molecule is CCOC(=O)c1ccccc1NC(=O)CSc1nnc(C2CC2)n1C1CC1. The van der Waals surface area contributed by atoms with Crippen LogP contribution in [-0.4, -0.2) is 39.0 Å². The summed E-state index contributed by atoms with van der Waals surface area (Å²) in [5.41, 5.74) is 0.818. The van der Waals surface area contributed by atoms with Gasteiger partial charge >= 0.3 is 5.97 Å². The molecule has 0 unspecified atom stereocenters. The van der Waals surface area contributed by atoms with Crippen LogP contribution in [0.2, 0.25) is 0 Å². The zero-order valence-corrected chi connectivity index (χ0v) is 16.0. The van der Waals surface area contributed by atoms with Crippen molar-refractivity contribution in [1.82, 2.24) is 14.8 Å². The molecule has 2 fully saturated rings. The predicted octanol–water partition coefficient (Wildman–Crippen LogP) is 3.40. The van der Waals surface area contributed by atoms with Gasteiger partial charge in [-0.15, -0.1) is 10.2 Å². The summed E-state index contributed by atoms with van der Waals surface area (Å²) in [7, 11) is 0. The van der Waals surface area contributed by atoms with Crippen LogP contribution in [0.5, 0.6) is 0 Å². The monoisotopic (exact) mass is 386 g/mol. The Morgan fingerprint density at radius 1 is 1.22 bits per heavy atom. The lowest BCUT2D eigenvalue weighted by Crippen LogP contribution is -2.17. The molecule has 2 aromatic rings. The Labute approximate surface area is 161 Å². The topological polar surface area (TPSA) is 86.1 Å². The van der Waals surface area contributed by atoms with Crippen molar-refractivity contribution in [1.29, 1.82) is 0 Å². The number of carbonyl (C=O) groups is 2. The molecule has 2 aliphatic rings. The maximum Gasteiger partial charge on any atom is 0.340 e. The van der Waals surface area contributed by atoms with E-state index in [1.165, 1.54) is 24.6 Å². The first kappa shape index (κ1) is 18.0. The van der Waals surface area contributed by atoms with Crippen molar-refractivity contribution in [2.24, 2.45) is 0 Å². The van der Waals surface area contributed by atoms with Gasteiger partial charge in [0.15, 0.2) is 5.16 Å². The molecular formula is C19H22N4O3S. The molecule has 0 radical (unpaired) electrons. The van der Waals surface area contributed by atoms with Crippen molar-refractivity contribution >= 4 is 29.3 Å². The molecule has 1 aromatic carbocycles. The van der Waals surface area contributed by atoms with Crippen molar-refractivity contribution in [3.8, 4) is 0 Å². The predicted molar refractivity (Wildman–Crippen MR) is 102 cm³/mol. The molecule has 27 heavy (non-hydrogen) atoms. The number of hydrogen-bond acceptors (Lipinski definition) is 6. The first-order valence-corrected chi connectivity index (χ1v) is 10.3. The van der Waals surface area contributed by atoms with Gasteiger partial charge < -0.3 is 14.6 Å². The second-order valence-electron chi connectivity index (χ2n) is 6.82. The fourth-order valence-electron chi connectivity index (χ4n) is 2.98. The van der Waals surface area contributed by atoms with Gasteiger partial charge in [0.1, 0.15) is 5.82 Å². The molecule has 142 valence electrons. The van der Waals surface area contributed by atoms with E-state index >= 15 is 0 Å². The summed E-state index contributed by atoms with van der Waals surface area (Å²) in [5, 5.41) is 12.3. The summed E-state index contributed by atoms with van der Waals surface area (Å²) in [4.78, 5) is 24.5. The summed E-state index contributed by atoms with van der Waals surface area (Å²) in [5.74, 6) is 1.21. The third kappa shape index (κ3) is 4.16. The molecule has 1 amide bonds. The van der Waals surface area contributed by atoms with Crippen LogP contribution in [0.4, 0.5) is 5.69 Å². The van der Waals surface area contributed by atoms with Crippen LogP contribution < -0.4 is 5.32 Å². The van der Waals surface area contributed by atoms with Crippen molar-refractivity contribution in [2.75, 3.05) is 17.7 Å². The minimum Gasteiger partial charge on any atom is -0.462 e. The number of esters is 1. The highest BCUT2D eigenvalue weighted by molar-refractivity contribution is 7.99. The Kier molecular flexibility index (Phi) is 5.15. The lowest BCUT2D eigenvalue weighted by Gasteiger charge is -2.11. The van der Waals surface area contributed by atoms with Gasteiger partial charge in [-0.3, -0.25) is 4.79 Å². The van der Waals surface area contributed by atoms with Crippen molar-refractivity contribution in [2.45, 2.75) is 49.7 Å². The van der Waals surface area contributed by atoms with Crippen LogP contribution in [0, 0.1) is 0 Å². The number of nitrogens with zero attached hydrogens (tertiary/aromatic N) is 3. The number of benzene rings is 1. The first-order valence-electron chi connectivity index (χ1n) is 9.31. The van der Waals surface area contributed by atoms with Crippen LogP contribution in [0.25, 0.3) is 0 Å². The molecule has 1 heterocycles. The second kappa shape index (κ2) is 7.72. The van der Waals surface area contributed by atoms with Gasteiger partial charge in [0, 0.05) is 12.0 Å². The number of carbonyl (C=O) groups excluding carboxylic acids is 2. The molecule has 0 spiro atoms. The molecule has 0 aliphatic heterocycles. The molecule has 8 heteroatoms. The van der Waals surface area contributed by atoms with Crippen LogP contribution in [0.1, 0.15) is 60.7 Å². The van der Waals surface area contributed by atoms with Gasteiger partial charge in [-0.05, 0) is 44.7 Å². The molecule has 2 saturated carbocycles. The Morgan fingerprint density at radius 2 is 2.00 bits per heavy atom. The van der Waals surface area contributed by atoms with Crippen molar-refractivity contribution in [3.05, 3.63) is 35.7 Å². The van der Waals surface area contributed by atoms with E-state index in [1.807, 2.05) is 0 Å². The molecule has 1 aromatic heterocycles. The lowest BCUT2D eigenvalue weighted by molar-refractivity contribution is -0.113. The number of nitrogens with one attached hydrogen (secondary N) is 1. The van der Waals surface area contributed by atoms with Crippen molar-refractivity contribution in [3.63, 3.8) is 0 Å². The minimum absolute atomic E-state index is 0.185. The van der Waals surface area contributed by atoms with Crippen LogP contribution in [-0.2, 0) is 9.53 Å². The lowest BCUT2D eigenvalue weighted by atomic mass is 10.2. The highest BCUT2D eigenvalue weighted by Gasteiger charge is 2.36. The molecular weight excluding hydrogens is 364 g/mol. The molecule has 1 N–H and O–H groups in total. The second-order valence-corrected chi connectivity index (χ2v) is 7.76. The highest BCUT2D eigenvalue weighted by Crippen LogP contribution is 2.45. The summed E-state index contributed by atoms with van der Waals surface area (Å²) in [6, 6.07) is 7.36. The van der Waals surface area contributed by atoms with Gasteiger partial charge in [-0.1, -0.05) is 23.9 Å². The van der Waals surface area contributed by atoms with E-state index in [-0.39, 0.29) is 18.3 Å². The number of aromatic nitrogens is 3. The quantitative estimate of drug-likeness (QED) is 0.553. The number of hydrogen-bond donors (Lipinski definition) is 1. The summed E-state index contributed by atoms with van der Waals surface area (Å²) >= 11 is 1.39. The van der Waals surface area contributed by atoms with E-state index in [2.05, 4.69) is 20.1 Å². The molecule has 0 bridgehead atoms. The number of ether oxygens (including phenoxy) is 1. The number of amides is 1. The Hall–Kier alpha value is -2.35. The van der Waals surface area contributed by atoms with Gasteiger partial charge in [-0.2, -0.15) is 0 Å². The standard InChI is InChI=1S/C19H22N4O3S/c1-2-26-18(25)14-5-3-4-6-15(14)20-16(24)11-27-19-22-21-17(12-7-8-12)23(19)13-9-10-13/h3-6,12-13H,2,7-11H2,1H3,(H,20,24). The molecule has 2 aliphatic carbocycles. The highest BCUT2D eigenvalue weighted by atomic mass is 32.2. The van der Waals surface area contributed by atoms with Gasteiger partial charge in [0.25, 0.3) is 0 Å². The molecule has 0 saturated heterocycles. The Morgan fingerprint density at radius 3 is 2.70 bits per heavy atom.